The van der Waals surface area contributed by atoms with Crippen LogP contribution in [0.25, 0.3) is 11.4 Å². The van der Waals surface area contributed by atoms with Crippen molar-refractivity contribution in [2.45, 2.75) is 45.3 Å². The van der Waals surface area contributed by atoms with Gasteiger partial charge in [0, 0.05) is 29.2 Å². The molecule has 0 radical (unpaired) electrons. The predicted molar refractivity (Wildman–Crippen MR) is 118 cm³/mol. The quantitative estimate of drug-likeness (QED) is 0.572. The Bertz CT molecular complexity index is 1050. The smallest absolute Gasteiger partial charge is 0.265 e. The number of carbonyl (C=O) groups is 1. The zero-order valence-corrected chi connectivity index (χ0v) is 18.1. The van der Waals surface area contributed by atoms with E-state index in [-0.39, 0.29) is 5.91 Å². The standard InChI is InChI=1S/C22H22Cl2N4O2/c1-14(30-19-11-8-16(23)13-18(19)24)22(29)25-17-9-6-15(7-10-17)21-27-26-20-5-3-2-4-12-28(20)21/h6-11,13-14H,2-5,12H2,1H3,(H,25,29)/t14-/m0/s1. The van der Waals surface area contributed by atoms with Crippen LogP contribution >= 0.6 is 23.2 Å². The molecule has 0 bridgehead atoms. The van der Waals surface area contributed by atoms with E-state index in [4.69, 9.17) is 27.9 Å². The molecule has 0 saturated heterocycles. The molecule has 1 atom stereocenters. The number of halogens is 2. The van der Waals surface area contributed by atoms with Crippen LogP contribution in [0.4, 0.5) is 5.69 Å². The third kappa shape index (κ3) is 4.60. The monoisotopic (exact) mass is 444 g/mol. The van der Waals surface area contributed by atoms with E-state index in [0.29, 0.717) is 21.5 Å². The van der Waals surface area contributed by atoms with Crippen molar-refractivity contribution in [2.75, 3.05) is 5.32 Å². The number of hydrogen-bond acceptors (Lipinski definition) is 4. The Hall–Kier alpha value is -2.57. The molecule has 2 heterocycles. The molecule has 1 amide bonds. The molecule has 4 rings (SSSR count). The van der Waals surface area contributed by atoms with E-state index in [1.807, 2.05) is 24.3 Å². The fourth-order valence-corrected chi connectivity index (χ4v) is 3.91. The third-order valence-corrected chi connectivity index (χ3v) is 5.62. The van der Waals surface area contributed by atoms with Crippen LogP contribution in [0.1, 0.15) is 32.0 Å². The number of aromatic nitrogens is 3. The number of ether oxygens (including phenoxy) is 1. The highest BCUT2D eigenvalue weighted by Crippen LogP contribution is 2.29. The van der Waals surface area contributed by atoms with Crippen molar-refractivity contribution in [3.05, 3.63) is 58.3 Å². The summed E-state index contributed by atoms with van der Waals surface area (Å²) in [7, 11) is 0. The van der Waals surface area contributed by atoms with E-state index in [1.54, 1.807) is 25.1 Å². The van der Waals surface area contributed by atoms with Crippen LogP contribution in [0.3, 0.4) is 0 Å². The number of carbonyl (C=O) groups excluding carboxylic acids is 1. The number of amides is 1. The first-order valence-electron chi connectivity index (χ1n) is 9.96. The summed E-state index contributed by atoms with van der Waals surface area (Å²) in [5, 5.41) is 12.5. The summed E-state index contributed by atoms with van der Waals surface area (Å²) in [6, 6.07) is 12.5. The largest absolute Gasteiger partial charge is 0.479 e. The number of aryl methyl sites for hydroxylation is 1. The van der Waals surface area contributed by atoms with Crippen LogP contribution in [0.2, 0.25) is 10.0 Å². The van der Waals surface area contributed by atoms with Gasteiger partial charge in [0.1, 0.15) is 11.6 Å². The second kappa shape index (κ2) is 9.06. The average molecular weight is 445 g/mol. The molecular formula is C22H22Cl2N4O2. The summed E-state index contributed by atoms with van der Waals surface area (Å²) in [6.45, 7) is 2.61. The van der Waals surface area contributed by atoms with E-state index < -0.39 is 6.10 Å². The molecule has 1 aliphatic heterocycles. The Labute approximate surface area is 185 Å². The summed E-state index contributed by atoms with van der Waals surface area (Å²) in [5.74, 6) is 2.06. The molecule has 0 saturated carbocycles. The fourth-order valence-electron chi connectivity index (χ4n) is 3.46. The Kier molecular flexibility index (Phi) is 6.25. The first-order chi connectivity index (χ1) is 14.5. The summed E-state index contributed by atoms with van der Waals surface area (Å²) < 4.78 is 7.87. The predicted octanol–water partition coefficient (Wildman–Crippen LogP) is 5.38. The van der Waals surface area contributed by atoms with Crippen molar-refractivity contribution in [3.8, 4) is 17.1 Å². The van der Waals surface area contributed by atoms with Gasteiger partial charge in [-0.15, -0.1) is 10.2 Å². The minimum Gasteiger partial charge on any atom is -0.479 e. The number of fused-ring (bicyclic) bond motifs is 1. The van der Waals surface area contributed by atoms with Gasteiger partial charge in [0.2, 0.25) is 0 Å². The van der Waals surface area contributed by atoms with Gasteiger partial charge in [0.05, 0.1) is 5.02 Å². The maximum absolute atomic E-state index is 12.5. The second-order valence-corrected chi connectivity index (χ2v) is 8.15. The van der Waals surface area contributed by atoms with Gasteiger partial charge in [0.25, 0.3) is 5.91 Å². The molecule has 0 aliphatic carbocycles. The molecule has 0 spiro atoms. The Morgan fingerprint density at radius 1 is 1.10 bits per heavy atom. The molecule has 6 nitrogen and oxygen atoms in total. The van der Waals surface area contributed by atoms with Gasteiger partial charge >= 0.3 is 0 Å². The molecule has 1 aliphatic rings. The normalized spacial score (nSPS) is 14.5. The summed E-state index contributed by atoms with van der Waals surface area (Å²) >= 11 is 12.0. The lowest BCUT2D eigenvalue weighted by Gasteiger charge is -2.16. The molecule has 3 aromatic rings. The van der Waals surface area contributed by atoms with E-state index in [1.165, 1.54) is 6.42 Å². The molecule has 0 unspecified atom stereocenters. The number of nitrogens with one attached hydrogen (secondary N) is 1. The lowest BCUT2D eigenvalue weighted by molar-refractivity contribution is -0.122. The lowest BCUT2D eigenvalue weighted by Crippen LogP contribution is -2.30. The van der Waals surface area contributed by atoms with Crippen molar-refractivity contribution >= 4 is 34.8 Å². The van der Waals surface area contributed by atoms with E-state index in [2.05, 4.69) is 20.1 Å². The van der Waals surface area contributed by atoms with Crippen LogP contribution in [0.15, 0.2) is 42.5 Å². The van der Waals surface area contributed by atoms with Gasteiger partial charge < -0.3 is 14.6 Å². The minimum absolute atomic E-state index is 0.273. The zero-order valence-electron chi connectivity index (χ0n) is 16.6. The molecule has 8 heteroatoms. The van der Waals surface area contributed by atoms with Crippen LogP contribution < -0.4 is 10.1 Å². The van der Waals surface area contributed by atoms with E-state index in [9.17, 15) is 4.79 Å². The van der Waals surface area contributed by atoms with Crippen LogP contribution in [-0.2, 0) is 17.8 Å². The number of anilines is 1. The number of benzene rings is 2. The molecule has 156 valence electrons. The summed E-state index contributed by atoms with van der Waals surface area (Å²) in [4.78, 5) is 12.5. The van der Waals surface area contributed by atoms with Crippen molar-refractivity contribution < 1.29 is 9.53 Å². The molecule has 2 aromatic carbocycles. The SMILES string of the molecule is C[C@H](Oc1ccc(Cl)cc1Cl)C(=O)Nc1ccc(-c2nnc3n2CCCCC3)cc1. The van der Waals surface area contributed by atoms with Crippen LogP contribution in [0, 0.1) is 0 Å². The summed E-state index contributed by atoms with van der Waals surface area (Å²) in [5.41, 5.74) is 1.66. The fraction of sp³-hybridized carbons (Fsp3) is 0.318. The van der Waals surface area contributed by atoms with Crippen molar-refractivity contribution in [2.24, 2.45) is 0 Å². The highest BCUT2D eigenvalue weighted by atomic mass is 35.5. The molecular weight excluding hydrogens is 423 g/mol. The highest BCUT2D eigenvalue weighted by molar-refractivity contribution is 6.35. The molecule has 0 fully saturated rings. The summed E-state index contributed by atoms with van der Waals surface area (Å²) in [6.07, 6.45) is 3.76. The maximum Gasteiger partial charge on any atom is 0.265 e. The van der Waals surface area contributed by atoms with Crippen molar-refractivity contribution in [3.63, 3.8) is 0 Å². The van der Waals surface area contributed by atoms with Crippen molar-refractivity contribution in [1.29, 1.82) is 0 Å². The van der Waals surface area contributed by atoms with Crippen LogP contribution in [0.5, 0.6) is 5.75 Å². The maximum atomic E-state index is 12.5. The van der Waals surface area contributed by atoms with Gasteiger partial charge in [0.15, 0.2) is 11.9 Å². The van der Waals surface area contributed by atoms with Gasteiger partial charge in [-0.25, -0.2) is 0 Å². The topological polar surface area (TPSA) is 69.0 Å². The minimum atomic E-state index is -0.726. The number of rotatable bonds is 5. The Balaban J connectivity index is 1.42. The third-order valence-electron chi connectivity index (χ3n) is 5.09. The second-order valence-electron chi connectivity index (χ2n) is 7.30. The van der Waals surface area contributed by atoms with E-state index in [0.717, 1.165) is 43.0 Å². The first kappa shape index (κ1) is 20.7. The highest BCUT2D eigenvalue weighted by Gasteiger charge is 2.18. The molecule has 30 heavy (non-hydrogen) atoms. The molecule has 1 aromatic heterocycles. The van der Waals surface area contributed by atoms with Gasteiger partial charge in [-0.05, 0) is 62.2 Å². The lowest BCUT2D eigenvalue weighted by atomic mass is 10.2. The van der Waals surface area contributed by atoms with E-state index >= 15 is 0 Å². The van der Waals surface area contributed by atoms with Crippen molar-refractivity contribution in [1.82, 2.24) is 14.8 Å². The average Bonchev–Trinajstić information content (AvgIpc) is 2.98. The van der Waals surface area contributed by atoms with Gasteiger partial charge in [-0.3, -0.25) is 4.79 Å². The molecule has 1 N–H and O–H groups in total. The number of hydrogen-bond donors (Lipinski definition) is 1. The Morgan fingerprint density at radius 2 is 1.90 bits per heavy atom. The van der Waals surface area contributed by atoms with Gasteiger partial charge in [-0.2, -0.15) is 0 Å². The van der Waals surface area contributed by atoms with Crippen LogP contribution in [-0.4, -0.2) is 26.8 Å². The first-order valence-corrected chi connectivity index (χ1v) is 10.7. The van der Waals surface area contributed by atoms with Gasteiger partial charge in [-0.1, -0.05) is 29.6 Å². The Morgan fingerprint density at radius 3 is 2.67 bits per heavy atom. The zero-order chi connectivity index (χ0) is 21.1. The number of nitrogens with zero attached hydrogens (tertiary/aromatic N) is 3.